The predicted molar refractivity (Wildman–Crippen MR) is 78.6 cm³/mol. The lowest BCUT2D eigenvalue weighted by molar-refractivity contribution is 0.0666. The number of rotatable bonds is 6. The van der Waals surface area contributed by atoms with E-state index in [0.29, 0.717) is 12.1 Å². The van der Waals surface area contributed by atoms with Crippen LogP contribution in [0.2, 0.25) is 0 Å². The SMILES string of the molecule is CCNc1cc(C)ccc1C(=O)N(CCO)C(C)C. The fourth-order valence-corrected chi connectivity index (χ4v) is 2.04. The maximum atomic E-state index is 12.6. The van der Waals surface area contributed by atoms with Crippen LogP contribution in [-0.4, -0.2) is 41.7 Å². The van der Waals surface area contributed by atoms with Crippen LogP contribution in [0.25, 0.3) is 0 Å². The molecule has 0 heterocycles. The van der Waals surface area contributed by atoms with Crippen molar-refractivity contribution in [2.24, 2.45) is 0 Å². The molecule has 2 N–H and O–H groups in total. The monoisotopic (exact) mass is 264 g/mol. The number of anilines is 1. The Bertz CT molecular complexity index is 430. The molecule has 1 amide bonds. The Morgan fingerprint density at radius 1 is 1.42 bits per heavy atom. The highest BCUT2D eigenvalue weighted by atomic mass is 16.3. The van der Waals surface area contributed by atoms with Crippen molar-refractivity contribution >= 4 is 11.6 Å². The van der Waals surface area contributed by atoms with Gasteiger partial charge in [-0.1, -0.05) is 6.07 Å². The first kappa shape index (κ1) is 15.5. The normalized spacial score (nSPS) is 10.6. The summed E-state index contributed by atoms with van der Waals surface area (Å²) in [4.78, 5) is 14.2. The molecule has 1 rings (SSSR count). The van der Waals surface area contributed by atoms with Gasteiger partial charge in [0.1, 0.15) is 0 Å². The maximum Gasteiger partial charge on any atom is 0.256 e. The summed E-state index contributed by atoms with van der Waals surface area (Å²) in [5.41, 5.74) is 2.64. The Balaban J connectivity index is 3.09. The van der Waals surface area contributed by atoms with Gasteiger partial charge in [0.25, 0.3) is 5.91 Å². The van der Waals surface area contributed by atoms with Crippen molar-refractivity contribution in [2.45, 2.75) is 33.7 Å². The van der Waals surface area contributed by atoms with E-state index in [1.807, 2.05) is 45.9 Å². The summed E-state index contributed by atoms with van der Waals surface area (Å²) in [5, 5.41) is 12.3. The number of benzene rings is 1. The van der Waals surface area contributed by atoms with Crippen molar-refractivity contribution in [2.75, 3.05) is 25.0 Å². The van der Waals surface area contributed by atoms with Crippen molar-refractivity contribution in [3.63, 3.8) is 0 Å². The smallest absolute Gasteiger partial charge is 0.256 e. The van der Waals surface area contributed by atoms with E-state index in [-0.39, 0.29) is 18.6 Å². The van der Waals surface area contributed by atoms with Gasteiger partial charge in [0.15, 0.2) is 0 Å². The minimum absolute atomic E-state index is 0.0215. The maximum absolute atomic E-state index is 12.6. The lowest BCUT2D eigenvalue weighted by Gasteiger charge is -2.27. The lowest BCUT2D eigenvalue weighted by atomic mass is 10.1. The van der Waals surface area contributed by atoms with Gasteiger partial charge in [-0.3, -0.25) is 4.79 Å². The first-order chi connectivity index (χ1) is 9.01. The highest BCUT2D eigenvalue weighted by molar-refractivity contribution is 5.99. The van der Waals surface area contributed by atoms with Crippen molar-refractivity contribution in [1.82, 2.24) is 4.90 Å². The first-order valence-corrected chi connectivity index (χ1v) is 6.77. The van der Waals surface area contributed by atoms with Crippen LogP contribution in [0.15, 0.2) is 18.2 Å². The van der Waals surface area contributed by atoms with E-state index in [4.69, 9.17) is 5.11 Å². The molecule has 4 nitrogen and oxygen atoms in total. The number of hydrogen-bond acceptors (Lipinski definition) is 3. The molecule has 0 aliphatic carbocycles. The van der Waals surface area contributed by atoms with Gasteiger partial charge in [0, 0.05) is 24.8 Å². The molecule has 0 saturated heterocycles. The van der Waals surface area contributed by atoms with E-state index in [9.17, 15) is 4.79 Å². The zero-order valence-corrected chi connectivity index (χ0v) is 12.2. The van der Waals surface area contributed by atoms with Crippen molar-refractivity contribution in [1.29, 1.82) is 0 Å². The van der Waals surface area contributed by atoms with Crippen LogP contribution in [0.1, 0.15) is 36.7 Å². The number of aliphatic hydroxyl groups is 1. The third kappa shape index (κ3) is 3.96. The zero-order valence-electron chi connectivity index (χ0n) is 12.2. The van der Waals surface area contributed by atoms with E-state index >= 15 is 0 Å². The van der Waals surface area contributed by atoms with Crippen molar-refractivity contribution < 1.29 is 9.90 Å². The van der Waals surface area contributed by atoms with Crippen LogP contribution in [0.5, 0.6) is 0 Å². The number of aliphatic hydroxyl groups excluding tert-OH is 1. The summed E-state index contributed by atoms with van der Waals surface area (Å²) in [5.74, 6) is -0.0417. The van der Waals surface area contributed by atoms with Crippen LogP contribution in [0.3, 0.4) is 0 Å². The van der Waals surface area contributed by atoms with Crippen LogP contribution >= 0.6 is 0 Å². The zero-order chi connectivity index (χ0) is 14.4. The summed E-state index contributed by atoms with van der Waals surface area (Å²) in [6, 6.07) is 5.83. The quantitative estimate of drug-likeness (QED) is 0.828. The molecule has 1 aromatic rings. The van der Waals surface area contributed by atoms with Gasteiger partial charge < -0.3 is 15.3 Å². The van der Waals surface area contributed by atoms with Gasteiger partial charge in [-0.2, -0.15) is 0 Å². The number of hydrogen-bond donors (Lipinski definition) is 2. The second-order valence-corrected chi connectivity index (χ2v) is 4.90. The van der Waals surface area contributed by atoms with Crippen molar-refractivity contribution in [3.8, 4) is 0 Å². The first-order valence-electron chi connectivity index (χ1n) is 6.77. The second-order valence-electron chi connectivity index (χ2n) is 4.90. The average molecular weight is 264 g/mol. The summed E-state index contributed by atoms with van der Waals surface area (Å²) in [6.45, 7) is 9.02. The summed E-state index contributed by atoms with van der Waals surface area (Å²) in [7, 11) is 0. The molecular weight excluding hydrogens is 240 g/mol. The molecule has 4 heteroatoms. The van der Waals surface area contributed by atoms with E-state index in [1.165, 1.54) is 0 Å². The summed E-state index contributed by atoms with van der Waals surface area (Å²) < 4.78 is 0. The molecule has 106 valence electrons. The van der Waals surface area contributed by atoms with Gasteiger partial charge in [-0.25, -0.2) is 0 Å². The molecule has 19 heavy (non-hydrogen) atoms. The molecule has 0 atom stereocenters. The number of amides is 1. The number of carbonyl (C=O) groups is 1. The van der Waals surface area contributed by atoms with Crippen LogP contribution in [0, 0.1) is 6.92 Å². The van der Waals surface area contributed by atoms with Gasteiger partial charge in [0.05, 0.1) is 12.2 Å². The number of nitrogens with one attached hydrogen (secondary N) is 1. The molecule has 1 aromatic carbocycles. The predicted octanol–water partition coefficient (Wildman–Crippen LogP) is 2.27. The molecule has 0 saturated carbocycles. The highest BCUT2D eigenvalue weighted by Crippen LogP contribution is 2.20. The molecular formula is C15H24N2O2. The number of carbonyl (C=O) groups excluding carboxylic acids is 1. The highest BCUT2D eigenvalue weighted by Gasteiger charge is 2.20. The lowest BCUT2D eigenvalue weighted by Crippen LogP contribution is -2.39. The number of nitrogens with zero attached hydrogens (tertiary/aromatic N) is 1. The van der Waals surface area contributed by atoms with E-state index < -0.39 is 0 Å². The van der Waals surface area contributed by atoms with Crippen LogP contribution < -0.4 is 5.32 Å². The number of aryl methyl sites for hydroxylation is 1. The van der Waals surface area contributed by atoms with Gasteiger partial charge in [-0.05, 0) is 45.4 Å². The van der Waals surface area contributed by atoms with Crippen LogP contribution in [-0.2, 0) is 0 Å². The average Bonchev–Trinajstić information content (AvgIpc) is 2.35. The largest absolute Gasteiger partial charge is 0.395 e. The Hall–Kier alpha value is -1.55. The molecule has 0 unspecified atom stereocenters. The molecule has 0 aliphatic rings. The molecule has 0 radical (unpaired) electrons. The minimum atomic E-state index is -0.0417. The Kier molecular flexibility index (Phi) is 5.83. The Labute approximate surface area is 115 Å². The van der Waals surface area contributed by atoms with Gasteiger partial charge in [0.2, 0.25) is 0 Å². The van der Waals surface area contributed by atoms with E-state index in [2.05, 4.69) is 5.32 Å². The summed E-state index contributed by atoms with van der Waals surface area (Å²) >= 11 is 0. The Morgan fingerprint density at radius 2 is 2.11 bits per heavy atom. The standard InChI is InChI=1S/C15H24N2O2/c1-5-16-14-10-12(4)6-7-13(14)15(19)17(8-9-18)11(2)3/h6-7,10-11,16,18H,5,8-9H2,1-4H3. The Morgan fingerprint density at radius 3 is 2.63 bits per heavy atom. The molecule has 0 fully saturated rings. The third-order valence-corrected chi connectivity index (χ3v) is 3.00. The van der Waals surface area contributed by atoms with E-state index in [0.717, 1.165) is 17.8 Å². The third-order valence-electron chi connectivity index (χ3n) is 3.00. The molecule has 0 aliphatic heterocycles. The van der Waals surface area contributed by atoms with Gasteiger partial charge in [-0.15, -0.1) is 0 Å². The summed E-state index contributed by atoms with van der Waals surface area (Å²) in [6.07, 6.45) is 0. The fourth-order valence-electron chi connectivity index (χ4n) is 2.04. The van der Waals surface area contributed by atoms with E-state index in [1.54, 1.807) is 4.90 Å². The van der Waals surface area contributed by atoms with Crippen LogP contribution in [0.4, 0.5) is 5.69 Å². The van der Waals surface area contributed by atoms with Gasteiger partial charge >= 0.3 is 0 Å². The van der Waals surface area contributed by atoms with Crippen molar-refractivity contribution in [3.05, 3.63) is 29.3 Å². The second kappa shape index (κ2) is 7.14. The molecule has 0 bridgehead atoms. The topological polar surface area (TPSA) is 52.6 Å². The minimum Gasteiger partial charge on any atom is -0.395 e. The fraction of sp³-hybridized carbons (Fsp3) is 0.533. The molecule has 0 spiro atoms. The molecule has 0 aromatic heterocycles.